The molecule has 1 aromatic rings. The maximum Gasteiger partial charge on any atom is 0.224 e. The van der Waals surface area contributed by atoms with E-state index in [2.05, 4.69) is 24.4 Å². The molecule has 1 aromatic carbocycles. The SMILES string of the molecule is Cc1cc(C)c(NC(=O)CCCC(C)N)c(C)c1. The van der Waals surface area contributed by atoms with Gasteiger partial charge < -0.3 is 11.1 Å². The molecule has 1 rings (SSSR count). The van der Waals surface area contributed by atoms with Crippen LogP contribution in [0.25, 0.3) is 0 Å². The molecule has 1 unspecified atom stereocenters. The maximum absolute atomic E-state index is 11.8. The van der Waals surface area contributed by atoms with E-state index in [4.69, 9.17) is 5.73 Å². The first kappa shape index (κ1) is 14.7. The van der Waals surface area contributed by atoms with Crippen molar-refractivity contribution in [3.8, 4) is 0 Å². The molecule has 0 heterocycles. The molecule has 0 fully saturated rings. The Balaban J connectivity index is 2.59. The highest BCUT2D eigenvalue weighted by Crippen LogP contribution is 2.22. The second kappa shape index (κ2) is 6.55. The molecule has 0 aliphatic rings. The van der Waals surface area contributed by atoms with Crippen molar-refractivity contribution < 1.29 is 4.79 Å². The van der Waals surface area contributed by atoms with Gasteiger partial charge in [0.1, 0.15) is 0 Å². The highest BCUT2D eigenvalue weighted by Gasteiger charge is 2.08. The fourth-order valence-electron chi connectivity index (χ4n) is 2.16. The van der Waals surface area contributed by atoms with Crippen LogP contribution in [0.3, 0.4) is 0 Å². The van der Waals surface area contributed by atoms with Gasteiger partial charge in [-0.05, 0) is 51.7 Å². The molecule has 0 radical (unpaired) electrons. The standard InChI is InChI=1S/C15H24N2O/c1-10-8-11(2)15(12(3)9-10)17-14(18)7-5-6-13(4)16/h8-9,13H,5-7,16H2,1-4H3,(H,17,18). The lowest BCUT2D eigenvalue weighted by molar-refractivity contribution is -0.116. The summed E-state index contributed by atoms with van der Waals surface area (Å²) in [5.41, 5.74) is 10.1. The lowest BCUT2D eigenvalue weighted by atomic mass is 10.0. The van der Waals surface area contributed by atoms with Crippen LogP contribution in [0.5, 0.6) is 0 Å². The topological polar surface area (TPSA) is 55.1 Å². The third kappa shape index (κ3) is 4.49. The van der Waals surface area contributed by atoms with Crippen molar-refractivity contribution in [1.82, 2.24) is 0 Å². The van der Waals surface area contributed by atoms with Crippen LogP contribution in [0.1, 0.15) is 42.9 Å². The first-order chi connectivity index (χ1) is 8.40. The minimum atomic E-state index is 0.0747. The Morgan fingerprint density at radius 2 is 1.83 bits per heavy atom. The fraction of sp³-hybridized carbons (Fsp3) is 0.533. The van der Waals surface area contributed by atoms with Crippen LogP contribution < -0.4 is 11.1 Å². The van der Waals surface area contributed by atoms with E-state index in [0.29, 0.717) is 6.42 Å². The lowest BCUT2D eigenvalue weighted by Crippen LogP contribution is -2.17. The number of hydrogen-bond donors (Lipinski definition) is 2. The molecule has 18 heavy (non-hydrogen) atoms. The Hall–Kier alpha value is -1.35. The van der Waals surface area contributed by atoms with Gasteiger partial charge in [0.25, 0.3) is 0 Å². The number of benzene rings is 1. The van der Waals surface area contributed by atoms with Crippen molar-refractivity contribution in [3.63, 3.8) is 0 Å². The molecule has 3 nitrogen and oxygen atoms in total. The van der Waals surface area contributed by atoms with E-state index in [1.807, 2.05) is 20.8 Å². The first-order valence-corrected chi connectivity index (χ1v) is 6.53. The summed E-state index contributed by atoms with van der Waals surface area (Å²) >= 11 is 0. The van der Waals surface area contributed by atoms with E-state index in [9.17, 15) is 4.79 Å². The minimum Gasteiger partial charge on any atom is -0.328 e. The molecule has 0 aromatic heterocycles. The van der Waals surface area contributed by atoms with Gasteiger partial charge >= 0.3 is 0 Å². The van der Waals surface area contributed by atoms with Crippen LogP contribution >= 0.6 is 0 Å². The molecule has 3 heteroatoms. The van der Waals surface area contributed by atoms with Crippen molar-refractivity contribution in [2.24, 2.45) is 5.73 Å². The summed E-state index contributed by atoms with van der Waals surface area (Å²) in [4.78, 5) is 11.8. The molecule has 3 N–H and O–H groups in total. The molecule has 0 saturated heterocycles. The highest BCUT2D eigenvalue weighted by atomic mass is 16.1. The second-order valence-corrected chi connectivity index (χ2v) is 5.19. The number of carbonyl (C=O) groups is 1. The van der Waals surface area contributed by atoms with Crippen LogP contribution in [0.4, 0.5) is 5.69 Å². The lowest BCUT2D eigenvalue weighted by Gasteiger charge is -2.13. The van der Waals surface area contributed by atoms with E-state index in [1.54, 1.807) is 0 Å². The van der Waals surface area contributed by atoms with Crippen molar-refractivity contribution in [1.29, 1.82) is 0 Å². The normalized spacial score (nSPS) is 12.3. The number of aryl methyl sites for hydroxylation is 3. The van der Waals surface area contributed by atoms with Gasteiger partial charge in [-0.15, -0.1) is 0 Å². The predicted octanol–water partition coefficient (Wildman–Crippen LogP) is 3.07. The van der Waals surface area contributed by atoms with Gasteiger partial charge in [-0.1, -0.05) is 17.7 Å². The van der Waals surface area contributed by atoms with Crippen LogP contribution in [0, 0.1) is 20.8 Å². The zero-order valence-corrected chi connectivity index (χ0v) is 11.8. The minimum absolute atomic E-state index is 0.0747. The molecule has 1 amide bonds. The summed E-state index contributed by atoms with van der Waals surface area (Å²) in [7, 11) is 0. The molecular formula is C15H24N2O. The first-order valence-electron chi connectivity index (χ1n) is 6.53. The van der Waals surface area contributed by atoms with Crippen molar-refractivity contribution in [2.45, 2.75) is 53.0 Å². The number of nitrogens with two attached hydrogens (primary N) is 1. The quantitative estimate of drug-likeness (QED) is 0.841. The monoisotopic (exact) mass is 248 g/mol. The van der Waals surface area contributed by atoms with E-state index in [-0.39, 0.29) is 11.9 Å². The van der Waals surface area contributed by atoms with Crippen molar-refractivity contribution in [2.75, 3.05) is 5.32 Å². The Bertz CT molecular complexity index is 401. The predicted molar refractivity (Wildman–Crippen MR) is 76.8 cm³/mol. The fourth-order valence-corrected chi connectivity index (χ4v) is 2.16. The average molecular weight is 248 g/mol. The number of nitrogens with one attached hydrogen (secondary N) is 1. The molecule has 0 aliphatic carbocycles. The number of carbonyl (C=O) groups excluding carboxylic acids is 1. The highest BCUT2D eigenvalue weighted by molar-refractivity contribution is 5.92. The largest absolute Gasteiger partial charge is 0.328 e. The Morgan fingerprint density at radius 1 is 1.28 bits per heavy atom. The number of anilines is 1. The van der Waals surface area contributed by atoms with Gasteiger partial charge in [0, 0.05) is 18.2 Å². The Labute approximate surface area is 110 Å². The van der Waals surface area contributed by atoms with Gasteiger partial charge in [0.2, 0.25) is 5.91 Å². The van der Waals surface area contributed by atoms with E-state index in [0.717, 1.165) is 29.7 Å². The molecule has 0 aliphatic heterocycles. The molecular weight excluding hydrogens is 224 g/mol. The Kier molecular flexibility index (Phi) is 5.35. The maximum atomic E-state index is 11.8. The van der Waals surface area contributed by atoms with E-state index in [1.165, 1.54) is 5.56 Å². The van der Waals surface area contributed by atoms with Crippen LogP contribution in [-0.2, 0) is 4.79 Å². The molecule has 1 atom stereocenters. The molecule has 0 bridgehead atoms. The molecule has 0 spiro atoms. The van der Waals surface area contributed by atoms with Crippen molar-refractivity contribution >= 4 is 11.6 Å². The number of amides is 1. The summed E-state index contributed by atoms with van der Waals surface area (Å²) in [6.45, 7) is 8.08. The smallest absolute Gasteiger partial charge is 0.224 e. The summed E-state index contributed by atoms with van der Waals surface area (Å²) in [6, 6.07) is 4.34. The summed E-state index contributed by atoms with van der Waals surface area (Å²) < 4.78 is 0. The molecule has 0 saturated carbocycles. The zero-order chi connectivity index (χ0) is 13.7. The average Bonchev–Trinajstić information content (AvgIpc) is 2.22. The van der Waals surface area contributed by atoms with Gasteiger partial charge in [0.05, 0.1) is 0 Å². The summed E-state index contributed by atoms with van der Waals surface area (Å²) in [5.74, 6) is 0.0747. The third-order valence-corrected chi connectivity index (χ3v) is 3.00. The second-order valence-electron chi connectivity index (χ2n) is 5.19. The number of rotatable bonds is 5. The van der Waals surface area contributed by atoms with Gasteiger partial charge in [-0.25, -0.2) is 0 Å². The third-order valence-electron chi connectivity index (χ3n) is 3.00. The summed E-state index contributed by atoms with van der Waals surface area (Å²) in [6.07, 6.45) is 2.26. The van der Waals surface area contributed by atoms with E-state index < -0.39 is 0 Å². The van der Waals surface area contributed by atoms with Gasteiger partial charge in [-0.3, -0.25) is 4.79 Å². The van der Waals surface area contributed by atoms with Crippen LogP contribution in [0.15, 0.2) is 12.1 Å². The summed E-state index contributed by atoms with van der Waals surface area (Å²) in [5, 5.41) is 3.00. The van der Waals surface area contributed by atoms with Crippen LogP contribution in [-0.4, -0.2) is 11.9 Å². The molecule has 100 valence electrons. The Morgan fingerprint density at radius 3 is 2.33 bits per heavy atom. The van der Waals surface area contributed by atoms with Crippen molar-refractivity contribution in [3.05, 3.63) is 28.8 Å². The number of hydrogen-bond acceptors (Lipinski definition) is 2. The van der Waals surface area contributed by atoms with Gasteiger partial charge in [0.15, 0.2) is 0 Å². The van der Waals surface area contributed by atoms with Gasteiger partial charge in [-0.2, -0.15) is 0 Å². The van der Waals surface area contributed by atoms with E-state index >= 15 is 0 Å². The van der Waals surface area contributed by atoms with Crippen LogP contribution in [0.2, 0.25) is 0 Å². The zero-order valence-electron chi connectivity index (χ0n) is 11.8.